The molecule has 0 aliphatic rings. The highest BCUT2D eigenvalue weighted by Crippen LogP contribution is 2.20. The average molecular weight is 285 g/mol. The van der Waals surface area contributed by atoms with Crippen LogP contribution >= 0.6 is 0 Å². The van der Waals surface area contributed by atoms with E-state index in [-0.39, 0.29) is 0 Å². The number of allylic oxidation sites excluding steroid dienone is 2. The van der Waals surface area contributed by atoms with Crippen molar-refractivity contribution in [3.63, 3.8) is 0 Å². The normalized spacial score (nSPS) is 12.8. The van der Waals surface area contributed by atoms with E-state index in [0.29, 0.717) is 6.54 Å². The predicted octanol–water partition coefficient (Wildman–Crippen LogP) is 4.56. The van der Waals surface area contributed by atoms with E-state index in [1.54, 1.807) is 20.1 Å². The molecule has 0 aromatic heterocycles. The number of halogens is 3. The second kappa shape index (κ2) is 7.62. The molecule has 0 spiro atoms. The Morgan fingerprint density at radius 3 is 2.40 bits per heavy atom. The van der Waals surface area contributed by atoms with Gasteiger partial charge >= 0.3 is 6.18 Å². The topological polar surface area (TPSA) is 21.3 Å². The van der Waals surface area contributed by atoms with Gasteiger partial charge in [0.2, 0.25) is 0 Å². The number of anilines is 1. The Balaban J connectivity index is 2.49. The molecule has 0 saturated carbocycles. The zero-order valence-electron chi connectivity index (χ0n) is 11.5. The lowest BCUT2D eigenvalue weighted by Crippen LogP contribution is -2.05. The summed E-state index contributed by atoms with van der Waals surface area (Å²) in [6, 6.07) is 7.34. The molecular weight excluding hydrogens is 267 g/mol. The first-order valence-electron chi connectivity index (χ1n) is 6.21. The van der Waals surface area contributed by atoms with Gasteiger partial charge in [-0.3, -0.25) is 0 Å². The van der Waals surface area contributed by atoms with Crippen LogP contribution in [0.15, 0.2) is 48.1 Å². The molecule has 1 aromatic rings. The van der Waals surface area contributed by atoms with Crippen molar-refractivity contribution < 1.29 is 17.9 Å². The molecule has 20 heavy (non-hydrogen) atoms. The second-order valence-electron chi connectivity index (χ2n) is 4.17. The third-order valence-corrected chi connectivity index (χ3v) is 2.64. The molecule has 0 bridgehead atoms. The van der Waals surface area contributed by atoms with Gasteiger partial charge in [0.15, 0.2) is 0 Å². The van der Waals surface area contributed by atoms with Crippen molar-refractivity contribution in [3.8, 4) is 5.75 Å². The molecule has 0 atom stereocenters. The fraction of sp³-hybridized carbons (Fsp3) is 0.333. The van der Waals surface area contributed by atoms with E-state index in [0.717, 1.165) is 23.1 Å². The van der Waals surface area contributed by atoms with Gasteiger partial charge in [-0.05, 0) is 36.8 Å². The van der Waals surface area contributed by atoms with Crippen molar-refractivity contribution in [2.24, 2.45) is 0 Å². The van der Waals surface area contributed by atoms with Crippen LogP contribution in [0.5, 0.6) is 5.75 Å². The van der Waals surface area contributed by atoms with Crippen LogP contribution in [0.2, 0.25) is 0 Å². The number of nitrogens with one attached hydrogen (secondary N) is 1. The third kappa shape index (κ3) is 6.31. The quantitative estimate of drug-likeness (QED) is 0.773. The fourth-order valence-electron chi connectivity index (χ4n) is 1.51. The number of alkyl halides is 3. The van der Waals surface area contributed by atoms with Crippen molar-refractivity contribution >= 4 is 5.69 Å². The van der Waals surface area contributed by atoms with E-state index >= 15 is 0 Å². The Labute approximate surface area is 116 Å². The Kier molecular flexibility index (Phi) is 6.15. The van der Waals surface area contributed by atoms with Gasteiger partial charge in [0.1, 0.15) is 5.75 Å². The Hall–Kier alpha value is -1.91. The van der Waals surface area contributed by atoms with Crippen LogP contribution in [0.4, 0.5) is 18.9 Å². The standard InChI is InChI=1S/C15H18F3NO/c1-3-12(5-4-10-15(16,17)18)11-19-13-6-8-14(20-2)9-7-13/h3-9,19H,10-11H2,1-2H3/b5-4-,12-3+. The lowest BCUT2D eigenvalue weighted by Gasteiger charge is -2.08. The van der Waals surface area contributed by atoms with Crippen LogP contribution in [0.3, 0.4) is 0 Å². The molecule has 1 rings (SSSR count). The van der Waals surface area contributed by atoms with Crippen molar-refractivity contribution in [3.05, 3.63) is 48.1 Å². The first kappa shape index (κ1) is 16.1. The number of hydrogen-bond donors (Lipinski definition) is 1. The molecule has 0 radical (unpaired) electrons. The molecular formula is C15H18F3NO. The van der Waals surface area contributed by atoms with Crippen LogP contribution in [-0.4, -0.2) is 19.8 Å². The highest BCUT2D eigenvalue weighted by molar-refractivity contribution is 5.47. The average Bonchev–Trinajstić information content (AvgIpc) is 2.42. The largest absolute Gasteiger partial charge is 0.497 e. The van der Waals surface area contributed by atoms with Crippen LogP contribution in [0.25, 0.3) is 0 Å². The summed E-state index contributed by atoms with van der Waals surface area (Å²) < 4.78 is 41.1. The van der Waals surface area contributed by atoms with Gasteiger partial charge in [0.25, 0.3) is 0 Å². The van der Waals surface area contributed by atoms with E-state index in [9.17, 15) is 13.2 Å². The van der Waals surface area contributed by atoms with Crippen LogP contribution in [0.1, 0.15) is 13.3 Å². The molecule has 5 heteroatoms. The first-order valence-corrected chi connectivity index (χ1v) is 6.21. The highest BCUT2D eigenvalue weighted by Gasteiger charge is 2.24. The maximum absolute atomic E-state index is 12.0. The molecule has 0 aliphatic carbocycles. The molecule has 0 fully saturated rings. The Bertz CT molecular complexity index is 461. The van der Waals surface area contributed by atoms with Gasteiger partial charge in [-0.25, -0.2) is 0 Å². The van der Waals surface area contributed by atoms with Gasteiger partial charge < -0.3 is 10.1 Å². The van der Waals surface area contributed by atoms with Gasteiger partial charge in [-0.1, -0.05) is 18.2 Å². The minimum atomic E-state index is -4.15. The lowest BCUT2D eigenvalue weighted by atomic mass is 10.2. The van der Waals surface area contributed by atoms with E-state index in [2.05, 4.69) is 5.32 Å². The van der Waals surface area contributed by atoms with Crippen LogP contribution in [-0.2, 0) is 0 Å². The smallest absolute Gasteiger partial charge is 0.392 e. The predicted molar refractivity (Wildman–Crippen MR) is 75.1 cm³/mol. The molecule has 110 valence electrons. The Morgan fingerprint density at radius 2 is 1.90 bits per heavy atom. The van der Waals surface area contributed by atoms with Gasteiger partial charge in [-0.2, -0.15) is 13.2 Å². The van der Waals surface area contributed by atoms with E-state index in [4.69, 9.17) is 4.74 Å². The molecule has 0 heterocycles. The summed E-state index contributed by atoms with van der Waals surface area (Å²) >= 11 is 0. The first-order chi connectivity index (χ1) is 9.44. The molecule has 0 amide bonds. The summed E-state index contributed by atoms with van der Waals surface area (Å²) in [6.45, 7) is 2.26. The maximum Gasteiger partial charge on any atom is 0.392 e. The number of ether oxygens (including phenoxy) is 1. The summed E-state index contributed by atoms with van der Waals surface area (Å²) in [5, 5.41) is 3.14. The van der Waals surface area contributed by atoms with E-state index < -0.39 is 12.6 Å². The summed E-state index contributed by atoms with van der Waals surface area (Å²) in [7, 11) is 1.59. The van der Waals surface area contributed by atoms with Gasteiger partial charge in [0.05, 0.1) is 13.5 Å². The number of methoxy groups -OCH3 is 1. The zero-order valence-corrected chi connectivity index (χ0v) is 11.5. The summed E-state index contributed by atoms with van der Waals surface area (Å²) in [5.41, 5.74) is 1.68. The minimum absolute atomic E-state index is 0.469. The minimum Gasteiger partial charge on any atom is -0.497 e. The Morgan fingerprint density at radius 1 is 1.25 bits per heavy atom. The van der Waals surface area contributed by atoms with Crippen molar-refractivity contribution in [2.75, 3.05) is 19.0 Å². The fourth-order valence-corrected chi connectivity index (χ4v) is 1.51. The zero-order chi connectivity index (χ0) is 15.0. The molecule has 2 nitrogen and oxygen atoms in total. The van der Waals surface area contributed by atoms with E-state index in [1.807, 2.05) is 24.3 Å². The van der Waals surface area contributed by atoms with Gasteiger partial charge in [0, 0.05) is 12.2 Å². The monoisotopic (exact) mass is 285 g/mol. The summed E-state index contributed by atoms with van der Waals surface area (Å²) in [4.78, 5) is 0. The highest BCUT2D eigenvalue weighted by atomic mass is 19.4. The number of hydrogen-bond acceptors (Lipinski definition) is 2. The SMILES string of the molecule is C/C=C(\C=C/CC(F)(F)F)CNc1ccc(OC)cc1. The van der Waals surface area contributed by atoms with E-state index in [1.165, 1.54) is 6.08 Å². The molecule has 0 aliphatic heterocycles. The molecule has 1 aromatic carbocycles. The van der Waals surface area contributed by atoms with Gasteiger partial charge in [-0.15, -0.1) is 0 Å². The van der Waals surface area contributed by atoms with Crippen LogP contribution < -0.4 is 10.1 Å². The van der Waals surface area contributed by atoms with Crippen molar-refractivity contribution in [1.82, 2.24) is 0 Å². The maximum atomic E-state index is 12.0. The van der Waals surface area contributed by atoms with Crippen molar-refractivity contribution in [2.45, 2.75) is 19.5 Å². The lowest BCUT2D eigenvalue weighted by molar-refractivity contribution is -0.125. The molecule has 1 N–H and O–H groups in total. The summed E-state index contributed by atoms with van der Waals surface area (Å²) in [6.07, 6.45) is -0.663. The van der Waals surface area contributed by atoms with Crippen LogP contribution in [0, 0.1) is 0 Å². The summed E-state index contributed by atoms with van der Waals surface area (Å²) in [5.74, 6) is 0.756. The molecule has 0 unspecified atom stereocenters. The number of benzene rings is 1. The van der Waals surface area contributed by atoms with Crippen molar-refractivity contribution in [1.29, 1.82) is 0 Å². The third-order valence-electron chi connectivity index (χ3n) is 2.64. The number of rotatable bonds is 6. The second-order valence-corrected chi connectivity index (χ2v) is 4.17. The molecule has 0 saturated heterocycles.